The van der Waals surface area contributed by atoms with Gasteiger partial charge in [-0.3, -0.25) is 9.69 Å². The number of amides is 1. The molecule has 0 aromatic carbocycles. The lowest BCUT2D eigenvalue weighted by atomic mass is 9.94. The molecule has 1 amide bonds. The van der Waals surface area contributed by atoms with Crippen molar-refractivity contribution >= 4 is 11.6 Å². The van der Waals surface area contributed by atoms with Crippen LogP contribution in [0.3, 0.4) is 0 Å². The lowest BCUT2D eigenvalue weighted by molar-refractivity contribution is -0.136. The van der Waals surface area contributed by atoms with Crippen molar-refractivity contribution in [3.63, 3.8) is 0 Å². The lowest BCUT2D eigenvalue weighted by Crippen LogP contribution is -2.48. The fourth-order valence-corrected chi connectivity index (χ4v) is 4.62. The summed E-state index contributed by atoms with van der Waals surface area (Å²) in [7, 11) is 0. The van der Waals surface area contributed by atoms with Crippen molar-refractivity contribution in [2.75, 3.05) is 26.2 Å². The minimum absolute atomic E-state index is 0.251. The van der Waals surface area contributed by atoms with Gasteiger partial charge in [0, 0.05) is 18.8 Å². The highest BCUT2D eigenvalue weighted by atomic mass is 16.2. The maximum absolute atomic E-state index is 13.2. The molecule has 0 saturated carbocycles. The molecule has 0 radical (unpaired) electrons. The minimum atomic E-state index is -0.317. The molecular weight excluding hydrogens is 326 g/mol. The zero-order valence-corrected chi connectivity index (χ0v) is 15.9. The molecule has 4 rings (SSSR count). The third kappa shape index (κ3) is 3.11. The topological polar surface area (TPSA) is 53.7 Å². The van der Waals surface area contributed by atoms with E-state index in [1.807, 2.05) is 29.8 Å². The standard InChI is InChI=1S/C20H29N5O/c1-16-14-18-21-10-8-17(25(18)22-16)20(2)9-7-13-24(20)19(26)15-23-11-5-3-4-6-12-23/h8,10,14H,3-7,9,11-13,15H2,1-2H3. The Morgan fingerprint density at radius 2 is 1.92 bits per heavy atom. The summed E-state index contributed by atoms with van der Waals surface area (Å²) in [6, 6.07) is 4.02. The van der Waals surface area contributed by atoms with Gasteiger partial charge < -0.3 is 4.90 Å². The number of likely N-dealkylation sites (tertiary alicyclic amines) is 2. The van der Waals surface area contributed by atoms with Gasteiger partial charge in [-0.25, -0.2) is 9.50 Å². The Labute approximate surface area is 155 Å². The van der Waals surface area contributed by atoms with Crippen molar-refractivity contribution in [2.45, 2.75) is 57.9 Å². The molecule has 6 nitrogen and oxygen atoms in total. The maximum Gasteiger partial charge on any atom is 0.237 e. The number of fused-ring (bicyclic) bond motifs is 1. The molecule has 26 heavy (non-hydrogen) atoms. The molecule has 0 N–H and O–H groups in total. The van der Waals surface area contributed by atoms with Crippen LogP contribution in [0, 0.1) is 6.92 Å². The molecule has 2 aromatic heterocycles. The summed E-state index contributed by atoms with van der Waals surface area (Å²) in [5.41, 5.74) is 2.56. The first kappa shape index (κ1) is 17.5. The van der Waals surface area contributed by atoms with E-state index in [2.05, 4.69) is 26.8 Å². The number of rotatable bonds is 3. The van der Waals surface area contributed by atoms with E-state index in [4.69, 9.17) is 0 Å². The SMILES string of the molecule is Cc1cc2nccc(C3(C)CCCN3C(=O)CN3CCCCCC3)n2n1. The van der Waals surface area contributed by atoms with Gasteiger partial charge in [0.25, 0.3) is 0 Å². The van der Waals surface area contributed by atoms with Gasteiger partial charge in [0.1, 0.15) is 0 Å². The van der Waals surface area contributed by atoms with Gasteiger partial charge >= 0.3 is 0 Å². The molecule has 2 fully saturated rings. The van der Waals surface area contributed by atoms with Crippen LogP contribution in [0.1, 0.15) is 56.8 Å². The van der Waals surface area contributed by atoms with Crippen LogP contribution in [0.15, 0.2) is 18.3 Å². The first-order chi connectivity index (χ1) is 12.6. The molecule has 4 heterocycles. The molecule has 0 bridgehead atoms. The van der Waals surface area contributed by atoms with Crippen LogP contribution in [0.5, 0.6) is 0 Å². The van der Waals surface area contributed by atoms with Gasteiger partial charge in [-0.2, -0.15) is 5.10 Å². The quantitative estimate of drug-likeness (QED) is 0.849. The van der Waals surface area contributed by atoms with Crippen LogP contribution in [-0.4, -0.2) is 56.5 Å². The van der Waals surface area contributed by atoms with E-state index in [0.717, 1.165) is 49.5 Å². The van der Waals surface area contributed by atoms with Gasteiger partial charge in [-0.15, -0.1) is 0 Å². The number of carbonyl (C=O) groups is 1. The van der Waals surface area contributed by atoms with Crippen LogP contribution in [0.2, 0.25) is 0 Å². The largest absolute Gasteiger partial charge is 0.331 e. The van der Waals surface area contributed by atoms with Crippen molar-refractivity contribution in [1.29, 1.82) is 0 Å². The molecule has 0 aliphatic carbocycles. The van der Waals surface area contributed by atoms with E-state index in [9.17, 15) is 4.79 Å². The second-order valence-corrected chi connectivity index (χ2v) is 8.00. The third-order valence-corrected chi connectivity index (χ3v) is 6.03. The van der Waals surface area contributed by atoms with Crippen LogP contribution < -0.4 is 0 Å². The highest BCUT2D eigenvalue weighted by Crippen LogP contribution is 2.38. The van der Waals surface area contributed by atoms with E-state index < -0.39 is 0 Å². The molecule has 6 heteroatoms. The Morgan fingerprint density at radius 3 is 2.69 bits per heavy atom. The zero-order valence-electron chi connectivity index (χ0n) is 15.9. The Kier molecular flexibility index (Phi) is 4.69. The lowest BCUT2D eigenvalue weighted by Gasteiger charge is -2.37. The summed E-state index contributed by atoms with van der Waals surface area (Å²) in [5.74, 6) is 0.251. The van der Waals surface area contributed by atoms with Gasteiger partial charge in [-0.05, 0) is 58.7 Å². The van der Waals surface area contributed by atoms with E-state index in [1.54, 1.807) is 0 Å². The summed E-state index contributed by atoms with van der Waals surface area (Å²) in [5, 5.41) is 4.63. The summed E-state index contributed by atoms with van der Waals surface area (Å²) in [6.45, 7) is 7.64. The number of nitrogens with zero attached hydrogens (tertiary/aromatic N) is 5. The molecule has 1 atom stereocenters. The van der Waals surface area contributed by atoms with Gasteiger partial charge in [-0.1, -0.05) is 12.8 Å². The molecule has 2 aromatic rings. The number of hydrogen-bond donors (Lipinski definition) is 0. The van der Waals surface area contributed by atoms with E-state index in [-0.39, 0.29) is 11.4 Å². The molecule has 2 aliphatic heterocycles. The molecule has 0 spiro atoms. The molecule has 1 unspecified atom stereocenters. The van der Waals surface area contributed by atoms with Crippen molar-refractivity contribution in [3.05, 3.63) is 29.7 Å². The van der Waals surface area contributed by atoms with Gasteiger partial charge in [0.15, 0.2) is 5.65 Å². The fraction of sp³-hybridized carbons (Fsp3) is 0.650. The Balaban J connectivity index is 1.60. The van der Waals surface area contributed by atoms with Crippen LogP contribution >= 0.6 is 0 Å². The van der Waals surface area contributed by atoms with Crippen molar-refractivity contribution < 1.29 is 4.79 Å². The smallest absolute Gasteiger partial charge is 0.237 e. The van der Waals surface area contributed by atoms with Crippen molar-refractivity contribution in [3.8, 4) is 0 Å². The number of aryl methyl sites for hydroxylation is 1. The Hall–Kier alpha value is -1.95. The first-order valence-electron chi connectivity index (χ1n) is 9.93. The monoisotopic (exact) mass is 355 g/mol. The zero-order chi connectivity index (χ0) is 18.1. The first-order valence-corrected chi connectivity index (χ1v) is 9.93. The van der Waals surface area contributed by atoms with Gasteiger partial charge in [0.2, 0.25) is 5.91 Å². The van der Waals surface area contributed by atoms with E-state index in [1.165, 1.54) is 25.7 Å². The highest BCUT2D eigenvalue weighted by molar-refractivity contribution is 5.79. The van der Waals surface area contributed by atoms with Gasteiger partial charge in [0.05, 0.1) is 23.5 Å². The predicted molar refractivity (Wildman–Crippen MR) is 101 cm³/mol. The molecular formula is C20H29N5O. The minimum Gasteiger partial charge on any atom is -0.331 e. The summed E-state index contributed by atoms with van der Waals surface area (Å²) >= 11 is 0. The summed E-state index contributed by atoms with van der Waals surface area (Å²) in [4.78, 5) is 22.1. The summed E-state index contributed by atoms with van der Waals surface area (Å²) in [6.07, 6.45) is 8.85. The maximum atomic E-state index is 13.2. The predicted octanol–water partition coefficient (Wildman–Crippen LogP) is 2.75. The van der Waals surface area contributed by atoms with E-state index >= 15 is 0 Å². The van der Waals surface area contributed by atoms with Crippen LogP contribution in [-0.2, 0) is 10.3 Å². The fourth-order valence-electron chi connectivity index (χ4n) is 4.62. The normalized spacial score (nSPS) is 24.9. The molecule has 140 valence electrons. The second kappa shape index (κ2) is 6.99. The Morgan fingerprint density at radius 1 is 1.15 bits per heavy atom. The summed E-state index contributed by atoms with van der Waals surface area (Å²) < 4.78 is 1.92. The molecule has 2 saturated heterocycles. The van der Waals surface area contributed by atoms with E-state index in [0.29, 0.717) is 6.54 Å². The second-order valence-electron chi connectivity index (χ2n) is 8.00. The third-order valence-electron chi connectivity index (χ3n) is 6.03. The van der Waals surface area contributed by atoms with Crippen molar-refractivity contribution in [2.24, 2.45) is 0 Å². The molecule has 2 aliphatic rings. The van der Waals surface area contributed by atoms with Crippen LogP contribution in [0.25, 0.3) is 5.65 Å². The number of hydrogen-bond acceptors (Lipinski definition) is 4. The van der Waals surface area contributed by atoms with Crippen molar-refractivity contribution in [1.82, 2.24) is 24.4 Å². The highest BCUT2D eigenvalue weighted by Gasteiger charge is 2.43. The number of aromatic nitrogens is 3. The average Bonchev–Trinajstić information content (AvgIpc) is 3.09. The Bertz CT molecular complexity index is 793. The van der Waals surface area contributed by atoms with Crippen LogP contribution in [0.4, 0.5) is 0 Å². The average molecular weight is 355 g/mol. The number of carbonyl (C=O) groups excluding carboxylic acids is 1.